The van der Waals surface area contributed by atoms with Gasteiger partial charge in [0.15, 0.2) is 11.8 Å². The van der Waals surface area contributed by atoms with Gasteiger partial charge in [0.25, 0.3) is 0 Å². The quantitative estimate of drug-likeness (QED) is 0.307. The average molecular weight is 713 g/mol. The van der Waals surface area contributed by atoms with Crippen molar-refractivity contribution in [3.63, 3.8) is 0 Å². The first-order valence-electron chi connectivity index (χ1n) is 17.4. The molecule has 1 aliphatic heterocycles. The van der Waals surface area contributed by atoms with Crippen LogP contribution in [-0.4, -0.2) is 48.9 Å². The Morgan fingerprint density at radius 1 is 0.500 bits per heavy atom. The first kappa shape index (κ1) is 72.4. The number of oxazole rings is 2. The van der Waals surface area contributed by atoms with Crippen molar-refractivity contribution < 1.29 is 18.3 Å². The third-order valence-corrected chi connectivity index (χ3v) is 6.08. The standard InChI is InChI=1S/2C6H9NO.C5H10.C4H8S.2C3H8O.2C3H8.2C2H6.4CH4/c2*1-4-5(2)8-6(3)7-4;2*1-2-4-5-3-1;2*1-3-4-2;2*1-3-2;2*1-2;;;;/h2*1-3H3;1-5H2;1-4H2;2*3H2,1-2H3;2*3H2,1-2H3;2*1-2H3;4*1H4. The first-order valence-corrected chi connectivity index (χ1v) is 18.6. The summed E-state index contributed by atoms with van der Waals surface area (Å²) in [5, 5.41) is 0. The molecule has 1 saturated heterocycles. The average Bonchev–Trinajstić information content (AvgIpc) is 3.86. The number of ether oxygens (including phenoxy) is 2. The fourth-order valence-corrected chi connectivity index (χ4v) is 3.68. The Morgan fingerprint density at radius 3 is 0.771 bits per heavy atom. The van der Waals surface area contributed by atoms with Gasteiger partial charge in [-0.3, -0.25) is 0 Å². The van der Waals surface area contributed by atoms with Gasteiger partial charge in [-0.25, -0.2) is 9.97 Å². The summed E-state index contributed by atoms with van der Waals surface area (Å²) >= 11 is 2.07. The van der Waals surface area contributed by atoms with E-state index in [0.29, 0.717) is 0 Å². The van der Waals surface area contributed by atoms with Crippen LogP contribution in [0.25, 0.3) is 0 Å². The molecule has 1 aliphatic carbocycles. The predicted molar refractivity (Wildman–Crippen MR) is 228 cm³/mol. The number of rotatable bonds is 2. The van der Waals surface area contributed by atoms with Crippen LogP contribution in [-0.2, 0) is 9.47 Å². The third-order valence-electron chi connectivity index (χ3n) is 4.93. The Labute approximate surface area is 311 Å². The molecular formula is C41H96N2O4S. The van der Waals surface area contributed by atoms with Crippen LogP contribution in [0.3, 0.4) is 0 Å². The molecule has 0 unspecified atom stereocenters. The molecule has 0 bridgehead atoms. The lowest BCUT2D eigenvalue weighted by molar-refractivity contribution is 0.215. The Bertz CT molecular complexity index is 593. The van der Waals surface area contributed by atoms with Crippen LogP contribution in [0.4, 0.5) is 0 Å². The van der Waals surface area contributed by atoms with Gasteiger partial charge in [0.05, 0.1) is 11.4 Å². The molecule has 4 rings (SSSR count). The van der Waals surface area contributed by atoms with E-state index in [1.807, 2.05) is 83.1 Å². The number of hydrogen-bond donors (Lipinski definition) is 0. The number of hydrogen-bond acceptors (Lipinski definition) is 7. The summed E-state index contributed by atoms with van der Waals surface area (Å²) in [6.45, 7) is 33.4. The van der Waals surface area contributed by atoms with Crippen LogP contribution in [0.2, 0.25) is 0 Å². The van der Waals surface area contributed by atoms with Gasteiger partial charge in [-0.1, -0.05) is 130 Å². The Balaban J connectivity index is -0.0000000428. The highest BCUT2D eigenvalue weighted by Crippen LogP contribution is 2.15. The summed E-state index contributed by atoms with van der Waals surface area (Å²) in [6, 6.07) is 0. The highest BCUT2D eigenvalue weighted by Gasteiger charge is 1.98. The Hall–Kier alpha value is -1.31. The molecule has 0 N–H and O–H groups in total. The fraction of sp³-hybridized carbons (Fsp3) is 0.854. The first-order chi connectivity index (χ1) is 21.1. The van der Waals surface area contributed by atoms with Gasteiger partial charge in [-0.2, -0.15) is 11.8 Å². The predicted octanol–water partition coefficient (Wildman–Crippen LogP) is 15.4. The van der Waals surface area contributed by atoms with E-state index in [9.17, 15) is 0 Å². The summed E-state index contributed by atoms with van der Waals surface area (Å²) in [4.78, 5) is 8.09. The van der Waals surface area contributed by atoms with E-state index in [0.717, 1.165) is 47.9 Å². The molecule has 300 valence electrons. The lowest BCUT2D eigenvalue weighted by Crippen LogP contribution is -1.73. The maximum Gasteiger partial charge on any atom is 0.191 e. The molecule has 2 aromatic rings. The second kappa shape index (κ2) is 67.8. The van der Waals surface area contributed by atoms with E-state index in [-0.39, 0.29) is 29.7 Å². The second-order valence-corrected chi connectivity index (χ2v) is 10.6. The molecule has 1 saturated carbocycles. The van der Waals surface area contributed by atoms with Gasteiger partial charge in [0.2, 0.25) is 0 Å². The molecule has 0 spiro atoms. The minimum Gasteiger partial charge on any atom is -0.446 e. The normalized spacial score (nSPS) is 10.5. The lowest BCUT2D eigenvalue weighted by Gasteiger charge is -1.77. The van der Waals surface area contributed by atoms with Gasteiger partial charge in [-0.05, 0) is 65.9 Å². The van der Waals surface area contributed by atoms with Crippen LogP contribution in [0.1, 0.15) is 191 Å². The van der Waals surface area contributed by atoms with Crippen molar-refractivity contribution in [3.05, 3.63) is 34.7 Å². The summed E-state index contributed by atoms with van der Waals surface area (Å²) in [5.74, 6) is 6.17. The zero-order chi connectivity index (χ0) is 35.6. The van der Waals surface area contributed by atoms with Crippen LogP contribution in [0.5, 0.6) is 0 Å². The zero-order valence-electron chi connectivity index (χ0n) is 33.1. The van der Waals surface area contributed by atoms with Gasteiger partial charge in [-0.15, -0.1) is 0 Å². The van der Waals surface area contributed by atoms with Crippen LogP contribution >= 0.6 is 11.8 Å². The SMILES string of the molecule is C.C.C.C.C1CCCC1.C1CCSC1.CC.CC.CCC.CCC.CCOC.CCOC.Cc1nc(C)c(C)o1.Cc1nc(C)c(C)o1. The van der Waals surface area contributed by atoms with Crippen molar-refractivity contribution in [2.75, 3.05) is 38.9 Å². The third kappa shape index (κ3) is 70.9. The highest BCUT2D eigenvalue weighted by atomic mass is 32.2. The Kier molecular flexibility index (Phi) is 102. The molecule has 0 atom stereocenters. The van der Waals surface area contributed by atoms with E-state index in [1.54, 1.807) is 14.2 Å². The minimum absolute atomic E-state index is 0. The zero-order valence-corrected chi connectivity index (χ0v) is 33.9. The van der Waals surface area contributed by atoms with Gasteiger partial charge in [0.1, 0.15) is 11.5 Å². The molecular weight excluding hydrogens is 617 g/mol. The van der Waals surface area contributed by atoms with E-state index in [1.165, 1.54) is 69.3 Å². The smallest absolute Gasteiger partial charge is 0.191 e. The van der Waals surface area contributed by atoms with Crippen molar-refractivity contribution in [1.29, 1.82) is 0 Å². The molecule has 2 fully saturated rings. The van der Waals surface area contributed by atoms with Crippen molar-refractivity contribution in [3.8, 4) is 0 Å². The number of aromatic nitrogens is 2. The molecule has 0 radical (unpaired) electrons. The molecule has 2 aliphatic rings. The molecule has 7 heteroatoms. The highest BCUT2D eigenvalue weighted by molar-refractivity contribution is 7.99. The summed E-state index contributed by atoms with van der Waals surface area (Å²) in [5.41, 5.74) is 1.98. The maximum atomic E-state index is 5.10. The molecule has 0 amide bonds. The number of thioether (sulfide) groups is 1. The summed E-state index contributed by atoms with van der Waals surface area (Å²) < 4.78 is 19.3. The number of nitrogens with zero attached hydrogens (tertiary/aromatic N) is 2. The van der Waals surface area contributed by atoms with Crippen molar-refractivity contribution >= 4 is 11.8 Å². The summed E-state index contributed by atoms with van der Waals surface area (Å²) in [6.07, 6.45) is 12.9. The Morgan fingerprint density at radius 2 is 0.708 bits per heavy atom. The fourth-order valence-electron chi connectivity index (χ4n) is 2.66. The summed E-state index contributed by atoms with van der Waals surface area (Å²) in [7, 11) is 3.36. The van der Waals surface area contributed by atoms with Crippen molar-refractivity contribution in [2.24, 2.45) is 0 Å². The number of aryl methyl sites for hydroxylation is 6. The van der Waals surface area contributed by atoms with E-state index in [2.05, 4.69) is 58.9 Å². The van der Waals surface area contributed by atoms with Crippen LogP contribution < -0.4 is 0 Å². The van der Waals surface area contributed by atoms with Gasteiger partial charge in [0, 0.05) is 41.3 Å². The molecule has 2 aromatic heterocycles. The molecule has 3 heterocycles. The largest absolute Gasteiger partial charge is 0.446 e. The second-order valence-electron chi connectivity index (χ2n) is 9.41. The van der Waals surface area contributed by atoms with Crippen LogP contribution in [0.15, 0.2) is 8.83 Å². The van der Waals surface area contributed by atoms with E-state index < -0.39 is 0 Å². The van der Waals surface area contributed by atoms with Crippen molar-refractivity contribution in [2.45, 2.75) is 198 Å². The van der Waals surface area contributed by atoms with Crippen molar-refractivity contribution in [1.82, 2.24) is 9.97 Å². The molecule has 48 heavy (non-hydrogen) atoms. The monoisotopic (exact) mass is 713 g/mol. The van der Waals surface area contributed by atoms with Gasteiger partial charge >= 0.3 is 0 Å². The molecule has 0 aromatic carbocycles. The van der Waals surface area contributed by atoms with Crippen LogP contribution in [0, 0.1) is 41.5 Å². The minimum atomic E-state index is 0. The molecule has 6 nitrogen and oxygen atoms in total. The maximum absolute atomic E-state index is 5.10. The number of methoxy groups -OCH3 is 2. The lowest BCUT2D eigenvalue weighted by atomic mass is 10.4. The van der Waals surface area contributed by atoms with Gasteiger partial charge < -0.3 is 18.3 Å². The van der Waals surface area contributed by atoms with E-state index in [4.69, 9.17) is 8.83 Å². The topological polar surface area (TPSA) is 70.5 Å². The van der Waals surface area contributed by atoms with E-state index >= 15 is 0 Å².